The fraction of sp³-hybridized carbons (Fsp3) is 0.581. The van der Waals surface area contributed by atoms with Crippen LogP contribution in [0.15, 0.2) is 58.3 Å². The molecule has 5 heterocycles. The minimum absolute atomic E-state index is 0. The summed E-state index contributed by atoms with van der Waals surface area (Å²) in [6.07, 6.45) is 1.96. The summed E-state index contributed by atoms with van der Waals surface area (Å²) in [5.74, 6) is 2.96. The Labute approximate surface area is 353 Å². The van der Waals surface area contributed by atoms with Crippen molar-refractivity contribution in [3.63, 3.8) is 0 Å². The van der Waals surface area contributed by atoms with Gasteiger partial charge in [-0.15, -0.1) is 0 Å². The number of fused-ring (bicyclic) bond motifs is 2. The van der Waals surface area contributed by atoms with Crippen molar-refractivity contribution in [2.24, 2.45) is 5.92 Å². The Kier molecular flexibility index (Phi) is 12.3. The summed E-state index contributed by atoms with van der Waals surface area (Å²) in [6, 6.07) is 13.1. The average Bonchev–Trinajstić information content (AvgIpc) is 3.88. The molecule has 3 fully saturated rings. The van der Waals surface area contributed by atoms with Crippen LogP contribution in [0.3, 0.4) is 0 Å². The van der Waals surface area contributed by atoms with Gasteiger partial charge in [-0.1, -0.05) is 0 Å². The summed E-state index contributed by atoms with van der Waals surface area (Å²) in [4.78, 5) is 2.48. The van der Waals surface area contributed by atoms with Gasteiger partial charge in [0.05, 0.1) is 55.5 Å². The molecule has 18 heteroatoms. The molecule has 0 radical (unpaired) electrons. The minimum atomic E-state index is -4.20. The van der Waals surface area contributed by atoms with Crippen LogP contribution in [0.5, 0.6) is 28.7 Å². The maximum atomic E-state index is 15.0. The fourth-order valence-electron chi connectivity index (χ4n) is 10.1. The Morgan fingerprint density at radius 2 is 1.57 bits per heavy atom. The number of nitrogens with zero attached hydrogens (tertiary/aromatic N) is 3. The van der Waals surface area contributed by atoms with E-state index in [9.17, 15) is 21.9 Å². The molecule has 5 aliphatic rings. The van der Waals surface area contributed by atoms with Crippen molar-refractivity contribution < 1.29 is 55.1 Å². The van der Waals surface area contributed by atoms with Gasteiger partial charge in [-0.2, -0.15) is 8.61 Å². The molecule has 0 bridgehead atoms. The van der Waals surface area contributed by atoms with E-state index in [1.165, 1.54) is 35.0 Å². The summed E-state index contributed by atoms with van der Waals surface area (Å²) in [6.45, 7) is 5.42. The van der Waals surface area contributed by atoms with Gasteiger partial charge in [-0.05, 0) is 113 Å². The van der Waals surface area contributed by atoms with E-state index in [1.807, 2.05) is 19.9 Å². The normalized spacial score (nSPS) is 24.5. The van der Waals surface area contributed by atoms with Crippen LogP contribution in [0, 0.1) is 5.92 Å². The third-order valence-electron chi connectivity index (χ3n) is 12.9. The smallest absolute Gasteiger partial charge is 0.245 e. The van der Waals surface area contributed by atoms with E-state index in [0.717, 1.165) is 24.1 Å². The largest absolute Gasteiger partial charge is 0.497 e. The number of sulfonamides is 2. The molecule has 4 atom stereocenters. The molecule has 5 aliphatic heterocycles. The van der Waals surface area contributed by atoms with Gasteiger partial charge in [0.15, 0.2) is 11.5 Å². The van der Waals surface area contributed by atoms with E-state index in [1.54, 1.807) is 37.4 Å². The van der Waals surface area contributed by atoms with Crippen LogP contribution in [-0.2, 0) is 35.9 Å². The van der Waals surface area contributed by atoms with E-state index in [0.29, 0.717) is 60.0 Å². The standard InChI is InChI=1S/C43H57N3O12S2.Cm/c1-42(2)26-28(21-30(47)24-35-39-29(13-16-44(35)3)23-37-40(41(39)54-6)56-27-55-37)22-36(58-42)34-25-32(53-5)9-12-38(34)60(50,51)46-19-20-57-43(46)14-17-45(18-15-43)59(48,49)33-10-7-31(52-4)8-11-33;/h7-12,23,25,28,30,35-36,47H,13-22,24,26-27H2,1-6H3;. The first-order valence-corrected chi connectivity index (χ1v) is 23.5. The predicted molar refractivity (Wildman–Crippen MR) is 221 cm³/mol. The van der Waals surface area contributed by atoms with Gasteiger partial charge >= 0.3 is 0 Å². The third kappa shape index (κ3) is 8.22. The quantitative estimate of drug-likeness (QED) is 0.250. The van der Waals surface area contributed by atoms with Crippen molar-refractivity contribution in [1.29, 1.82) is 0 Å². The van der Waals surface area contributed by atoms with Crippen LogP contribution >= 0.6 is 0 Å². The Bertz CT molecular complexity index is 2290. The first-order valence-electron chi connectivity index (χ1n) is 20.6. The first-order chi connectivity index (χ1) is 28.6. The fourth-order valence-corrected chi connectivity index (χ4v) is 13.4. The molecule has 0 aromatic heterocycles. The van der Waals surface area contributed by atoms with Gasteiger partial charge in [0.25, 0.3) is 0 Å². The molecule has 61 heavy (non-hydrogen) atoms. The van der Waals surface area contributed by atoms with Crippen LogP contribution in [-0.4, -0.2) is 121 Å². The van der Waals surface area contributed by atoms with E-state index in [4.69, 9.17) is 33.2 Å². The second-order valence-electron chi connectivity index (χ2n) is 17.1. The SMILES string of the molecule is COc1ccc(S(=O)(=O)N2CCC3(CC2)OCCN3S(=O)(=O)c2ccc(OC)cc2C2CC(CC(O)CC3c4c(cc5c(c4OC)OCO5)CCN3C)CC(C)(C)O2)cc1.[Cm]. The predicted octanol–water partition coefficient (Wildman–Crippen LogP) is 5.26. The zero-order valence-electron chi connectivity index (χ0n) is 35.6. The molecule has 3 saturated heterocycles. The molecular formula is C43H57CmN3O12S2. The maximum Gasteiger partial charge on any atom is 0.245 e. The van der Waals surface area contributed by atoms with Gasteiger partial charge in [0.1, 0.15) is 17.2 Å². The molecule has 3 aromatic rings. The zero-order chi connectivity index (χ0) is 42.6. The summed E-state index contributed by atoms with van der Waals surface area (Å²) >= 11 is 0. The molecule has 1 spiro atoms. The van der Waals surface area contributed by atoms with Gasteiger partial charge < -0.3 is 38.3 Å². The van der Waals surface area contributed by atoms with Gasteiger partial charge in [-0.25, -0.2) is 16.8 Å². The summed E-state index contributed by atoms with van der Waals surface area (Å²) < 4.78 is 101. The molecular weight excluding hydrogens is 1060 g/mol. The Morgan fingerprint density at radius 1 is 0.869 bits per heavy atom. The number of methoxy groups -OCH3 is 3. The molecule has 1 N–H and O–H groups in total. The van der Waals surface area contributed by atoms with Gasteiger partial charge in [0, 0.05) is 56.2 Å². The van der Waals surface area contributed by atoms with Crippen LogP contribution in [0.2, 0.25) is 0 Å². The number of benzene rings is 3. The molecule has 3 aromatic carbocycles. The van der Waals surface area contributed by atoms with Crippen molar-refractivity contribution in [2.45, 2.75) is 98.2 Å². The van der Waals surface area contributed by atoms with Crippen molar-refractivity contribution in [2.75, 3.05) is 68.0 Å². The van der Waals surface area contributed by atoms with Crippen molar-refractivity contribution in [3.05, 3.63) is 65.2 Å². The number of piperidine rings is 1. The van der Waals surface area contributed by atoms with E-state index in [-0.39, 0.29) is 67.6 Å². The number of aliphatic hydroxyl groups is 1. The number of ether oxygens (including phenoxy) is 7. The summed E-state index contributed by atoms with van der Waals surface area (Å²) in [5.41, 5.74) is 0.768. The van der Waals surface area contributed by atoms with E-state index in [2.05, 4.69) is 11.9 Å². The van der Waals surface area contributed by atoms with E-state index >= 15 is 0 Å². The van der Waals surface area contributed by atoms with Crippen LogP contribution in [0.25, 0.3) is 0 Å². The van der Waals surface area contributed by atoms with Gasteiger partial charge in [0.2, 0.25) is 32.6 Å². The molecule has 0 amide bonds. The Hall–Kier alpha value is -4.68. The number of rotatable bonds is 12. The minimum Gasteiger partial charge on any atom is -0.497 e. The van der Waals surface area contributed by atoms with Crippen molar-refractivity contribution in [1.82, 2.24) is 13.5 Å². The molecule has 336 valence electrons. The summed E-state index contributed by atoms with van der Waals surface area (Å²) in [7, 11) is -1.29. The Morgan fingerprint density at radius 3 is 2.26 bits per heavy atom. The molecule has 4 unspecified atom stereocenters. The maximum absolute atomic E-state index is 15.0. The average molecular weight is 1120 g/mol. The molecule has 0 aliphatic carbocycles. The number of hydrogen-bond acceptors (Lipinski definition) is 13. The third-order valence-corrected chi connectivity index (χ3v) is 16.8. The second-order valence-corrected chi connectivity index (χ2v) is 20.9. The number of likely N-dealkylation sites (N-methyl/N-ethyl adjacent to an activating group) is 1. The zero-order valence-corrected chi connectivity index (χ0v) is 40.1. The second kappa shape index (κ2) is 16.9. The first kappa shape index (κ1) is 44.4. The molecule has 8 rings (SSSR count). The van der Waals surface area contributed by atoms with Crippen LogP contribution in [0.4, 0.5) is 0 Å². The van der Waals surface area contributed by atoms with E-state index < -0.39 is 43.6 Å². The molecule has 15 nitrogen and oxygen atoms in total. The Balaban J connectivity index is 0.00000561. The van der Waals surface area contributed by atoms with Crippen LogP contribution < -0.4 is 23.7 Å². The topological polar surface area (TPSA) is 163 Å². The number of aliphatic hydroxyl groups excluding tert-OH is 1. The van der Waals surface area contributed by atoms with Gasteiger partial charge in [-0.3, -0.25) is 4.90 Å². The summed E-state index contributed by atoms with van der Waals surface area (Å²) in [5, 5.41) is 11.8. The number of hydrogen-bond donors (Lipinski definition) is 1. The van der Waals surface area contributed by atoms with Crippen molar-refractivity contribution >= 4 is 20.0 Å². The van der Waals surface area contributed by atoms with Crippen LogP contribution in [0.1, 0.15) is 81.2 Å². The van der Waals surface area contributed by atoms with Crippen molar-refractivity contribution in [3.8, 4) is 28.7 Å². The molecule has 0 saturated carbocycles. The monoisotopic (exact) mass is 1110 g/mol.